The smallest absolute Gasteiger partial charge is 0.282 e. The molecule has 0 N–H and O–H groups in total. The Labute approximate surface area is 182 Å². The van der Waals surface area contributed by atoms with Crippen LogP contribution in [0.2, 0.25) is 5.02 Å². The van der Waals surface area contributed by atoms with Crippen molar-refractivity contribution in [3.05, 3.63) is 61.6 Å². The third kappa shape index (κ3) is 4.31. The van der Waals surface area contributed by atoms with Gasteiger partial charge in [0.25, 0.3) is 5.56 Å². The standard InChI is InChI=1S/C21H21BrClN3O3/c1-21(2,3)20-25-16-7-6-13(22)9-15(16)19(27)26(20)24-11-12-8-14(23)10-17(28-4)18(12)29-5/h6-11H,1-5H3. The summed E-state index contributed by atoms with van der Waals surface area (Å²) in [6, 6.07) is 8.76. The van der Waals surface area contributed by atoms with Gasteiger partial charge in [0.05, 0.1) is 31.3 Å². The summed E-state index contributed by atoms with van der Waals surface area (Å²) >= 11 is 9.59. The summed E-state index contributed by atoms with van der Waals surface area (Å²) in [6.45, 7) is 5.94. The summed E-state index contributed by atoms with van der Waals surface area (Å²) < 4.78 is 12.9. The maximum Gasteiger partial charge on any atom is 0.282 e. The van der Waals surface area contributed by atoms with Crippen molar-refractivity contribution in [2.45, 2.75) is 26.2 Å². The molecule has 0 amide bonds. The van der Waals surface area contributed by atoms with E-state index in [9.17, 15) is 4.79 Å². The molecule has 8 heteroatoms. The molecule has 1 aromatic heterocycles. The molecular weight excluding hydrogens is 458 g/mol. The molecule has 0 fully saturated rings. The van der Waals surface area contributed by atoms with E-state index in [4.69, 9.17) is 26.1 Å². The molecule has 0 saturated heterocycles. The molecule has 0 spiro atoms. The highest BCUT2D eigenvalue weighted by molar-refractivity contribution is 9.10. The number of benzene rings is 2. The van der Waals surface area contributed by atoms with E-state index in [1.54, 1.807) is 18.2 Å². The lowest BCUT2D eigenvalue weighted by atomic mass is 9.95. The van der Waals surface area contributed by atoms with Crippen LogP contribution in [0.3, 0.4) is 0 Å². The predicted octanol–water partition coefficient (Wildman–Crippen LogP) is 5.01. The Balaban J connectivity index is 2.26. The Bertz CT molecular complexity index is 1170. The van der Waals surface area contributed by atoms with Crippen molar-refractivity contribution >= 4 is 44.6 Å². The van der Waals surface area contributed by atoms with Crippen LogP contribution in [0.15, 0.2) is 44.7 Å². The van der Waals surface area contributed by atoms with Crippen LogP contribution in [0.5, 0.6) is 11.5 Å². The number of ether oxygens (including phenoxy) is 2. The SMILES string of the molecule is COc1cc(Cl)cc(C=Nn2c(C(C)(C)C)nc3ccc(Br)cc3c2=O)c1OC. The van der Waals surface area contributed by atoms with Crippen LogP contribution in [0.25, 0.3) is 10.9 Å². The van der Waals surface area contributed by atoms with Gasteiger partial charge in [-0.2, -0.15) is 9.78 Å². The molecule has 3 aromatic rings. The second kappa shape index (κ2) is 8.16. The van der Waals surface area contributed by atoms with Gasteiger partial charge in [-0.3, -0.25) is 4.79 Å². The second-order valence-corrected chi connectivity index (χ2v) is 8.79. The van der Waals surface area contributed by atoms with E-state index < -0.39 is 5.41 Å². The molecule has 0 radical (unpaired) electrons. The third-order valence-corrected chi connectivity index (χ3v) is 4.98. The van der Waals surface area contributed by atoms with Crippen LogP contribution >= 0.6 is 27.5 Å². The van der Waals surface area contributed by atoms with Gasteiger partial charge in [0.15, 0.2) is 11.5 Å². The van der Waals surface area contributed by atoms with Gasteiger partial charge < -0.3 is 9.47 Å². The van der Waals surface area contributed by atoms with E-state index in [-0.39, 0.29) is 5.56 Å². The summed E-state index contributed by atoms with van der Waals surface area (Å²) in [5, 5.41) is 5.39. The first-order valence-electron chi connectivity index (χ1n) is 8.84. The van der Waals surface area contributed by atoms with Gasteiger partial charge in [0.1, 0.15) is 5.82 Å². The number of rotatable bonds is 4. The molecule has 6 nitrogen and oxygen atoms in total. The Morgan fingerprint density at radius 1 is 1.17 bits per heavy atom. The molecule has 0 saturated carbocycles. The van der Waals surface area contributed by atoms with E-state index in [0.717, 1.165) is 4.47 Å². The number of fused-ring (bicyclic) bond motifs is 1. The van der Waals surface area contributed by atoms with Crippen LogP contribution in [-0.2, 0) is 5.41 Å². The van der Waals surface area contributed by atoms with Gasteiger partial charge in [-0.25, -0.2) is 4.98 Å². The minimum Gasteiger partial charge on any atom is -0.493 e. The molecule has 0 aliphatic heterocycles. The quantitative estimate of drug-likeness (QED) is 0.495. The Morgan fingerprint density at radius 3 is 2.52 bits per heavy atom. The number of aromatic nitrogens is 2. The van der Waals surface area contributed by atoms with E-state index >= 15 is 0 Å². The molecule has 29 heavy (non-hydrogen) atoms. The van der Waals surface area contributed by atoms with Crippen LogP contribution in [0.1, 0.15) is 32.2 Å². The topological polar surface area (TPSA) is 65.7 Å². The highest BCUT2D eigenvalue weighted by atomic mass is 79.9. The van der Waals surface area contributed by atoms with E-state index in [1.807, 2.05) is 32.9 Å². The zero-order chi connectivity index (χ0) is 21.3. The number of hydrogen-bond donors (Lipinski definition) is 0. The van der Waals surface area contributed by atoms with Crippen molar-refractivity contribution in [3.63, 3.8) is 0 Å². The summed E-state index contributed by atoms with van der Waals surface area (Å²) in [5.41, 5.74) is 0.536. The average Bonchev–Trinajstić information content (AvgIpc) is 2.66. The second-order valence-electron chi connectivity index (χ2n) is 7.44. The van der Waals surface area contributed by atoms with Crippen molar-refractivity contribution < 1.29 is 9.47 Å². The summed E-state index contributed by atoms with van der Waals surface area (Å²) in [5.74, 6) is 1.49. The maximum absolute atomic E-state index is 13.2. The molecule has 0 unspecified atom stereocenters. The lowest BCUT2D eigenvalue weighted by molar-refractivity contribution is 0.354. The first-order chi connectivity index (χ1) is 13.7. The molecular formula is C21H21BrClN3O3. The normalized spacial score (nSPS) is 12.0. The van der Waals surface area contributed by atoms with Crippen LogP contribution in [0, 0.1) is 0 Å². The van der Waals surface area contributed by atoms with Crippen molar-refractivity contribution in [2.24, 2.45) is 5.10 Å². The lowest BCUT2D eigenvalue weighted by Gasteiger charge is -2.21. The largest absolute Gasteiger partial charge is 0.493 e. The number of halogens is 2. The minimum atomic E-state index is -0.409. The molecule has 152 valence electrons. The van der Waals surface area contributed by atoms with Gasteiger partial charge in [0.2, 0.25) is 0 Å². The zero-order valence-corrected chi connectivity index (χ0v) is 19.1. The fourth-order valence-corrected chi connectivity index (χ4v) is 3.49. The number of methoxy groups -OCH3 is 2. The summed E-state index contributed by atoms with van der Waals surface area (Å²) in [7, 11) is 3.06. The van der Waals surface area contributed by atoms with Gasteiger partial charge >= 0.3 is 0 Å². The predicted molar refractivity (Wildman–Crippen MR) is 120 cm³/mol. The molecule has 2 aromatic carbocycles. The molecule has 0 aliphatic carbocycles. The van der Waals surface area contributed by atoms with Gasteiger partial charge in [-0.05, 0) is 24.3 Å². The van der Waals surface area contributed by atoms with Gasteiger partial charge in [-0.15, -0.1) is 0 Å². The number of hydrogen-bond acceptors (Lipinski definition) is 5. The van der Waals surface area contributed by atoms with Crippen LogP contribution in [0.4, 0.5) is 0 Å². The first kappa shape index (κ1) is 21.3. The van der Waals surface area contributed by atoms with E-state index in [2.05, 4.69) is 21.0 Å². The van der Waals surface area contributed by atoms with E-state index in [1.165, 1.54) is 25.1 Å². The fraction of sp³-hybridized carbons (Fsp3) is 0.286. The fourth-order valence-electron chi connectivity index (χ4n) is 2.92. The molecule has 0 bridgehead atoms. The Hall–Kier alpha value is -2.38. The highest BCUT2D eigenvalue weighted by Gasteiger charge is 2.23. The zero-order valence-electron chi connectivity index (χ0n) is 16.8. The third-order valence-electron chi connectivity index (χ3n) is 4.26. The average molecular weight is 479 g/mol. The van der Waals surface area contributed by atoms with Crippen molar-refractivity contribution in [2.75, 3.05) is 14.2 Å². The van der Waals surface area contributed by atoms with Gasteiger partial charge in [0, 0.05) is 26.5 Å². The van der Waals surface area contributed by atoms with E-state index in [0.29, 0.717) is 38.8 Å². The Kier molecular flexibility index (Phi) is 6.00. The summed E-state index contributed by atoms with van der Waals surface area (Å²) in [4.78, 5) is 17.9. The lowest BCUT2D eigenvalue weighted by Crippen LogP contribution is -2.29. The van der Waals surface area contributed by atoms with Gasteiger partial charge in [-0.1, -0.05) is 48.3 Å². The first-order valence-corrected chi connectivity index (χ1v) is 10.0. The van der Waals surface area contributed by atoms with Crippen molar-refractivity contribution in [3.8, 4) is 11.5 Å². The van der Waals surface area contributed by atoms with Crippen LogP contribution < -0.4 is 15.0 Å². The van der Waals surface area contributed by atoms with Crippen molar-refractivity contribution in [1.82, 2.24) is 9.66 Å². The molecule has 0 atom stereocenters. The molecule has 1 heterocycles. The maximum atomic E-state index is 13.2. The molecule has 0 aliphatic rings. The van der Waals surface area contributed by atoms with Crippen molar-refractivity contribution in [1.29, 1.82) is 0 Å². The Morgan fingerprint density at radius 2 is 1.90 bits per heavy atom. The monoisotopic (exact) mass is 477 g/mol. The minimum absolute atomic E-state index is 0.259. The van der Waals surface area contributed by atoms with Crippen LogP contribution in [-0.4, -0.2) is 30.1 Å². The molecule has 3 rings (SSSR count). The number of nitrogens with zero attached hydrogens (tertiary/aromatic N) is 3. The highest BCUT2D eigenvalue weighted by Crippen LogP contribution is 2.33. The summed E-state index contributed by atoms with van der Waals surface area (Å²) in [6.07, 6.45) is 1.52.